The highest BCUT2D eigenvalue weighted by molar-refractivity contribution is 5.99. The number of benzene rings is 1. The molecule has 0 bridgehead atoms. The first kappa shape index (κ1) is 13.9. The minimum atomic E-state index is -1.46. The standard InChI is InChI=1S/C11H13FN2O4/c1-18-11(17)9(15)5-14-10(16)7-3-2-6(12)4-8(7)13/h2-4,9,15H,5,13H2,1H3,(H,14,16). The van der Waals surface area contributed by atoms with Gasteiger partial charge in [0.1, 0.15) is 5.82 Å². The highest BCUT2D eigenvalue weighted by Crippen LogP contribution is 2.12. The number of aliphatic hydroxyl groups is 1. The number of anilines is 1. The number of rotatable bonds is 4. The quantitative estimate of drug-likeness (QED) is 0.506. The van der Waals surface area contributed by atoms with Crippen molar-refractivity contribution >= 4 is 17.6 Å². The Balaban J connectivity index is 2.63. The van der Waals surface area contributed by atoms with Gasteiger partial charge >= 0.3 is 5.97 Å². The van der Waals surface area contributed by atoms with E-state index in [1.807, 2.05) is 0 Å². The molecule has 1 aromatic carbocycles. The van der Waals surface area contributed by atoms with Gasteiger partial charge in [-0.3, -0.25) is 4.79 Å². The summed E-state index contributed by atoms with van der Waals surface area (Å²) in [5.41, 5.74) is 5.50. The summed E-state index contributed by atoms with van der Waals surface area (Å²) in [5, 5.41) is 11.5. The molecular weight excluding hydrogens is 243 g/mol. The molecule has 1 unspecified atom stereocenters. The molecule has 1 amide bonds. The van der Waals surface area contributed by atoms with Gasteiger partial charge in [0.05, 0.1) is 19.2 Å². The predicted molar refractivity (Wildman–Crippen MR) is 61.2 cm³/mol. The van der Waals surface area contributed by atoms with Crippen molar-refractivity contribution in [2.24, 2.45) is 0 Å². The molecule has 1 rings (SSSR count). The number of nitrogens with one attached hydrogen (secondary N) is 1. The molecule has 4 N–H and O–H groups in total. The molecule has 7 heteroatoms. The van der Waals surface area contributed by atoms with Gasteiger partial charge in [0.2, 0.25) is 0 Å². The van der Waals surface area contributed by atoms with Gasteiger partial charge < -0.3 is 20.9 Å². The van der Waals surface area contributed by atoms with Crippen LogP contribution in [0.3, 0.4) is 0 Å². The maximum Gasteiger partial charge on any atom is 0.336 e. The van der Waals surface area contributed by atoms with E-state index in [2.05, 4.69) is 10.1 Å². The van der Waals surface area contributed by atoms with Gasteiger partial charge in [-0.2, -0.15) is 0 Å². The second-order valence-electron chi connectivity index (χ2n) is 3.48. The lowest BCUT2D eigenvalue weighted by molar-refractivity contribution is -0.149. The van der Waals surface area contributed by atoms with Gasteiger partial charge in [0.25, 0.3) is 5.91 Å². The maximum atomic E-state index is 12.8. The highest BCUT2D eigenvalue weighted by Gasteiger charge is 2.17. The maximum absolute atomic E-state index is 12.8. The number of carbonyl (C=O) groups excluding carboxylic acids is 2. The Morgan fingerprint density at radius 1 is 1.56 bits per heavy atom. The molecule has 98 valence electrons. The van der Waals surface area contributed by atoms with Crippen LogP contribution < -0.4 is 11.1 Å². The number of esters is 1. The number of nitrogens with two attached hydrogens (primary N) is 1. The Kier molecular flexibility index (Phi) is 4.61. The Labute approximate surface area is 103 Å². The smallest absolute Gasteiger partial charge is 0.336 e. The molecule has 0 saturated heterocycles. The summed E-state index contributed by atoms with van der Waals surface area (Å²) < 4.78 is 17.0. The second-order valence-corrected chi connectivity index (χ2v) is 3.48. The molecule has 18 heavy (non-hydrogen) atoms. The average Bonchev–Trinajstić information content (AvgIpc) is 2.34. The number of hydrogen-bond acceptors (Lipinski definition) is 5. The molecule has 6 nitrogen and oxygen atoms in total. The van der Waals surface area contributed by atoms with Crippen LogP contribution in [-0.2, 0) is 9.53 Å². The van der Waals surface area contributed by atoms with Crippen LogP contribution in [0.5, 0.6) is 0 Å². The molecule has 0 saturated carbocycles. The van der Waals surface area contributed by atoms with Crippen molar-refractivity contribution in [1.82, 2.24) is 5.32 Å². The fraction of sp³-hybridized carbons (Fsp3) is 0.273. The van der Waals surface area contributed by atoms with Gasteiger partial charge in [-0.05, 0) is 18.2 Å². The van der Waals surface area contributed by atoms with E-state index >= 15 is 0 Å². The van der Waals surface area contributed by atoms with Crippen molar-refractivity contribution in [3.05, 3.63) is 29.6 Å². The number of hydrogen-bond donors (Lipinski definition) is 3. The number of nitrogen functional groups attached to an aromatic ring is 1. The van der Waals surface area contributed by atoms with Gasteiger partial charge in [-0.15, -0.1) is 0 Å². The molecule has 0 aliphatic heterocycles. The lowest BCUT2D eigenvalue weighted by atomic mass is 10.1. The predicted octanol–water partition coefficient (Wildman–Crippen LogP) is -0.328. The zero-order valence-corrected chi connectivity index (χ0v) is 9.64. The molecule has 1 aromatic rings. The molecule has 0 aromatic heterocycles. The molecule has 0 spiro atoms. The molecule has 0 heterocycles. The summed E-state index contributed by atoms with van der Waals surface area (Å²) in [5.74, 6) is -2.03. The van der Waals surface area contributed by atoms with Crippen LogP contribution in [-0.4, -0.2) is 36.7 Å². The van der Waals surface area contributed by atoms with Crippen molar-refractivity contribution in [2.75, 3.05) is 19.4 Å². The summed E-state index contributed by atoms with van der Waals surface area (Å²) in [6.45, 7) is -0.317. The second kappa shape index (κ2) is 5.97. The monoisotopic (exact) mass is 256 g/mol. The van der Waals surface area contributed by atoms with Gasteiger partial charge in [0, 0.05) is 5.69 Å². The van der Waals surface area contributed by atoms with Crippen molar-refractivity contribution in [1.29, 1.82) is 0 Å². The first-order valence-electron chi connectivity index (χ1n) is 5.04. The summed E-state index contributed by atoms with van der Waals surface area (Å²) in [6.07, 6.45) is -1.46. The highest BCUT2D eigenvalue weighted by atomic mass is 19.1. The molecular formula is C11H13FN2O4. The van der Waals surface area contributed by atoms with Crippen LogP contribution in [0.25, 0.3) is 0 Å². The van der Waals surface area contributed by atoms with Crippen molar-refractivity contribution in [2.45, 2.75) is 6.10 Å². The normalized spacial score (nSPS) is 11.7. The van der Waals surface area contributed by atoms with Crippen LogP contribution in [0, 0.1) is 5.82 Å². The summed E-state index contributed by atoms with van der Waals surface area (Å²) in [7, 11) is 1.12. The molecule has 0 aliphatic carbocycles. The summed E-state index contributed by atoms with van der Waals surface area (Å²) in [6, 6.07) is 3.30. The third-order valence-electron chi connectivity index (χ3n) is 2.19. The fourth-order valence-electron chi connectivity index (χ4n) is 1.24. The third-order valence-corrected chi connectivity index (χ3v) is 2.19. The van der Waals surface area contributed by atoms with Crippen LogP contribution in [0.15, 0.2) is 18.2 Å². The van der Waals surface area contributed by atoms with E-state index in [-0.39, 0.29) is 17.8 Å². The Hall–Kier alpha value is -2.15. The number of aliphatic hydroxyl groups excluding tert-OH is 1. The fourth-order valence-corrected chi connectivity index (χ4v) is 1.24. The van der Waals surface area contributed by atoms with Crippen LogP contribution >= 0.6 is 0 Å². The minimum absolute atomic E-state index is 0.0277. The number of carbonyl (C=O) groups is 2. The number of amides is 1. The Morgan fingerprint density at radius 2 is 2.22 bits per heavy atom. The van der Waals surface area contributed by atoms with Gasteiger partial charge in [-0.1, -0.05) is 0 Å². The minimum Gasteiger partial charge on any atom is -0.467 e. The SMILES string of the molecule is COC(=O)C(O)CNC(=O)c1ccc(F)cc1N. The largest absolute Gasteiger partial charge is 0.467 e. The van der Waals surface area contributed by atoms with Gasteiger partial charge in [-0.25, -0.2) is 9.18 Å². The first-order valence-corrected chi connectivity index (χ1v) is 5.04. The number of ether oxygens (including phenoxy) is 1. The molecule has 1 atom stereocenters. The third kappa shape index (κ3) is 3.42. The molecule has 0 fully saturated rings. The Morgan fingerprint density at radius 3 is 2.78 bits per heavy atom. The van der Waals surface area contributed by atoms with Crippen LogP contribution in [0.1, 0.15) is 10.4 Å². The number of methoxy groups -OCH3 is 1. The lowest BCUT2D eigenvalue weighted by Gasteiger charge is -2.10. The average molecular weight is 256 g/mol. The van der Waals surface area contributed by atoms with E-state index in [0.29, 0.717) is 0 Å². The molecule has 0 aliphatic rings. The summed E-state index contributed by atoms with van der Waals surface area (Å²) in [4.78, 5) is 22.5. The van der Waals surface area contributed by atoms with Crippen molar-refractivity contribution in [3.8, 4) is 0 Å². The van der Waals surface area contributed by atoms with Gasteiger partial charge in [0.15, 0.2) is 6.10 Å². The van der Waals surface area contributed by atoms with E-state index in [4.69, 9.17) is 5.73 Å². The van der Waals surface area contributed by atoms with Crippen molar-refractivity contribution in [3.63, 3.8) is 0 Å². The van der Waals surface area contributed by atoms with E-state index < -0.39 is 23.8 Å². The Bertz CT molecular complexity index is 464. The number of halogens is 1. The van der Waals surface area contributed by atoms with E-state index in [9.17, 15) is 19.1 Å². The van der Waals surface area contributed by atoms with E-state index in [1.54, 1.807) is 0 Å². The van der Waals surface area contributed by atoms with Crippen molar-refractivity contribution < 1.29 is 23.8 Å². The zero-order chi connectivity index (χ0) is 13.7. The molecule has 0 radical (unpaired) electrons. The zero-order valence-electron chi connectivity index (χ0n) is 9.64. The lowest BCUT2D eigenvalue weighted by Crippen LogP contribution is -2.37. The van der Waals surface area contributed by atoms with E-state index in [1.165, 1.54) is 6.07 Å². The topological polar surface area (TPSA) is 102 Å². The van der Waals surface area contributed by atoms with Crippen LogP contribution in [0.4, 0.5) is 10.1 Å². The summed E-state index contributed by atoms with van der Waals surface area (Å²) >= 11 is 0. The van der Waals surface area contributed by atoms with Crippen LogP contribution in [0.2, 0.25) is 0 Å². The van der Waals surface area contributed by atoms with E-state index in [0.717, 1.165) is 19.2 Å². The first-order chi connectivity index (χ1) is 8.45.